The van der Waals surface area contributed by atoms with E-state index in [1.54, 1.807) is 0 Å². The molecule has 3 fully saturated rings. The van der Waals surface area contributed by atoms with Gasteiger partial charge in [0.25, 0.3) is 0 Å². The maximum atomic E-state index is 3.85. The van der Waals surface area contributed by atoms with E-state index in [4.69, 9.17) is 0 Å². The first-order valence-electron chi connectivity index (χ1n) is 9.84. The van der Waals surface area contributed by atoms with Crippen molar-refractivity contribution in [2.24, 2.45) is 23.2 Å². The molecule has 0 spiro atoms. The lowest BCUT2D eigenvalue weighted by atomic mass is 9.45. The lowest BCUT2D eigenvalue weighted by Gasteiger charge is -2.62. The van der Waals surface area contributed by atoms with Crippen LogP contribution in [0, 0.1) is 30.1 Å². The SMILES string of the molecule is Cc1ccc(-c2ccc(CN[C@H]3C[C@H]4C[C@@H]([C@@H]3C)C4(C)C)cc2)cc1. The lowest BCUT2D eigenvalue weighted by molar-refractivity contribution is -0.115. The molecule has 1 nitrogen and oxygen atoms in total. The zero-order chi connectivity index (χ0) is 17.6. The number of aryl methyl sites for hydroxylation is 1. The Kier molecular flexibility index (Phi) is 4.24. The maximum Gasteiger partial charge on any atom is 0.0208 e. The van der Waals surface area contributed by atoms with E-state index in [0.29, 0.717) is 11.5 Å². The van der Waals surface area contributed by atoms with Gasteiger partial charge >= 0.3 is 0 Å². The minimum absolute atomic E-state index is 0.577. The second-order valence-corrected chi connectivity index (χ2v) is 9.01. The van der Waals surface area contributed by atoms with Crippen LogP contribution in [0.25, 0.3) is 11.1 Å². The maximum absolute atomic E-state index is 3.85. The Morgan fingerprint density at radius 2 is 1.52 bits per heavy atom. The lowest BCUT2D eigenvalue weighted by Crippen LogP contribution is -2.59. The molecule has 0 amide bonds. The van der Waals surface area contributed by atoms with Crippen molar-refractivity contribution in [2.75, 3.05) is 0 Å². The van der Waals surface area contributed by atoms with Gasteiger partial charge in [0, 0.05) is 12.6 Å². The van der Waals surface area contributed by atoms with Gasteiger partial charge in [-0.05, 0) is 59.6 Å². The van der Waals surface area contributed by atoms with Crippen LogP contribution in [0.3, 0.4) is 0 Å². The van der Waals surface area contributed by atoms with E-state index in [2.05, 4.69) is 81.5 Å². The van der Waals surface area contributed by atoms with Crippen LogP contribution >= 0.6 is 0 Å². The number of benzene rings is 2. The van der Waals surface area contributed by atoms with Crippen molar-refractivity contribution in [2.45, 2.75) is 53.1 Å². The molecule has 0 unspecified atom stereocenters. The van der Waals surface area contributed by atoms with Gasteiger partial charge in [0.1, 0.15) is 0 Å². The predicted octanol–water partition coefficient (Wildman–Crippen LogP) is 5.82. The van der Waals surface area contributed by atoms with E-state index in [1.165, 1.54) is 35.1 Å². The smallest absolute Gasteiger partial charge is 0.0208 e. The molecule has 2 aromatic rings. The third-order valence-electron chi connectivity index (χ3n) is 7.26. The highest BCUT2D eigenvalue weighted by Gasteiger charge is 2.55. The van der Waals surface area contributed by atoms with Crippen LogP contribution < -0.4 is 5.32 Å². The van der Waals surface area contributed by atoms with Crippen LogP contribution in [0.5, 0.6) is 0 Å². The molecule has 2 bridgehead atoms. The van der Waals surface area contributed by atoms with E-state index in [0.717, 1.165) is 24.3 Å². The third-order valence-corrected chi connectivity index (χ3v) is 7.26. The molecule has 1 N–H and O–H groups in total. The first-order valence-corrected chi connectivity index (χ1v) is 9.84. The molecule has 0 saturated heterocycles. The van der Waals surface area contributed by atoms with Gasteiger partial charge in [-0.1, -0.05) is 74.9 Å². The molecule has 0 radical (unpaired) electrons. The summed E-state index contributed by atoms with van der Waals surface area (Å²) in [4.78, 5) is 0. The van der Waals surface area contributed by atoms with Crippen LogP contribution in [0.1, 0.15) is 44.7 Å². The van der Waals surface area contributed by atoms with Gasteiger partial charge in [-0.2, -0.15) is 0 Å². The molecule has 0 heterocycles. The summed E-state index contributed by atoms with van der Waals surface area (Å²) in [7, 11) is 0. The minimum Gasteiger partial charge on any atom is -0.310 e. The Labute approximate surface area is 152 Å². The number of fused-ring (bicyclic) bond motifs is 2. The topological polar surface area (TPSA) is 12.0 Å². The minimum atomic E-state index is 0.577. The van der Waals surface area contributed by atoms with E-state index in [1.807, 2.05) is 0 Å². The zero-order valence-electron chi connectivity index (χ0n) is 16.0. The largest absolute Gasteiger partial charge is 0.310 e. The summed E-state index contributed by atoms with van der Waals surface area (Å²) >= 11 is 0. The summed E-state index contributed by atoms with van der Waals surface area (Å²) < 4.78 is 0. The van der Waals surface area contributed by atoms with Crippen LogP contribution in [0.15, 0.2) is 48.5 Å². The van der Waals surface area contributed by atoms with Crippen molar-refractivity contribution in [3.05, 3.63) is 59.7 Å². The molecule has 3 aliphatic carbocycles. The van der Waals surface area contributed by atoms with Crippen molar-refractivity contribution in [3.8, 4) is 11.1 Å². The molecule has 132 valence electrons. The van der Waals surface area contributed by atoms with Crippen LogP contribution in [-0.2, 0) is 6.54 Å². The van der Waals surface area contributed by atoms with Crippen molar-refractivity contribution in [3.63, 3.8) is 0 Å². The molecule has 3 aliphatic rings. The fourth-order valence-corrected chi connectivity index (χ4v) is 5.23. The average molecular weight is 334 g/mol. The van der Waals surface area contributed by atoms with E-state index >= 15 is 0 Å². The molecule has 4 atom stereocenters. The fourth-order valence-electron chi connectivity index (χ4n) is 5.23. The Morgan fingerprint density at radius 1 is 0.920 bits per heavy atom. The van der Waals surface area contributed by atoms with E-state index < -0.39 is 0 Å². The van der Waals surface area contributed by atoms with E-state index in [-0.39, 0.29) is 0 Å². The first kappa shape index (κ1) is 16.8. The second kappa shape index (κ2) is 6.29. The third kappa shape index (κ3) is 3.04. The molecule has 3 saturated carbocycles. The molecule has 0 aromatic heterocycles. The number of hydrogen-bond donors (Lipinski definition) is 1. The second-order valence-electron chi connectivity index (χ2n) is 9.01. The predicted molar refractivity (Wildman–Crippen MR) is 106 cm³/mol. The summed E-state index contributed by atoms with van der Waals surface area (Å²) in [5.74, 6) is 2.63. The number of hydrogen-bond acceptors (Lipinski definition) is 1. The van der Waals surface area contributed by atoms with Gasteiger partial charge < -0.3 is 5.32 Å². The van der Waals surface area contributed by atoms with Crippen LogP contribution in [0.4, 0.5) is 0 Å². The summed E-state index contributed by atoms with van der Waals surface area (Å²) in [5, 5.41) is 3.85. The van der Waals surface area contributed by atoms with Crippen LogP contribution in [0.2, 0.25) is 0 Å². The highest BCUT2D eigenvalue weighted by atomic mass is 14.9. The van der Waals surface area contributed by atoms with Crippen molar-refractivity contribution >= 4 is 0 Å². The Morgan fingerprint density at radius 3 is 2.08 bits per heavy atom. The highest BCUT2D eigenvalue weighted by Crippen LogP contribution is 2.61. The summed E-state index contributed by atoms with van der Waals surface area (Å²) in [6.45, 7) is 10.5. The summed E-state index contributed by atoms with van der Waals surface area (Å²) in [6.07, 6.45) is 2.81. The molecule has 25 heavy (non-hydrogen) atoms. The molecule has 5 rings (SSSR count). The average Bonchev–Trinajstić information content (AvgIpc) is 2.61. The van der Waals surface area contributed by atoms with Gasteiger partial charge in [0.15, 0.2) is 0 Å². The van der Waals surface area contributed by atoms with E-state index in [9.17, 15) is 0 Å². The fraction of sp³-hybridized carbons (Fsp3) is 0.500. The Hall–Kier alpha value is -1.60. The summed E-state index contributed by atoms with van der Waals surface area (Å²) in [6, 6.07) is 18.5. The molecule has 1 heteroatoms. The first-order chi connectivity index (χ1) is 11.9. The zero-order valence-corrected chi connectivity index (χ0v) is 16.0. The monoisotopic (exact) mass is 333 g/mol. The normalized spacial score (nSPS) is 29.9. The van der Waals surface area contributed by atoms with Crippen molar-refractivity contribution in [1.82, 2.24) is 5.32 Å². The van der Waals surface area contributed by atoms with Gasteiger partial charge in [-0.3, -0.25) is 0 Å². The Balaban J connectivity index is 1.37. The standard InChI is InChI=1S/C24H31N/c1-16-5-9-19(10-6-16)20-11-7-18(8-12-20)15-25-23-14-21-13-22(17(23)2)24(21,3)4/h5-12,17,21-23,25H,13-15H2,1-4H3/t17-,21+,22-,23-/m0/s1. The molecular weight excluding hydrogens is 302 g/mol. The van der Waals surface area contributed by atoms with Gasteiger partial charge in [0.2, 0.25) is 0 Å². The Bertz CT molecular complexity index is 726. The van der Waals surface area contributed by atoms with Crippen LogP contribution in [-0.4, -0.2) is 6.04 Å². The van der Waals surface area contributed by atoms with Gasteiger partial charge in [-0.25, -0.2) is 0 Å². The highest BCUT2D eigenvalue weighted by molar-refractivity contribution is 5.63. The molecular formula is C24H31N. The molecule has 0 aliphatic heterocycles. The molecule has 2 aromatic carbocycles. The van der Waals surface area contributed by atoms with Crippen molar-refractivity contribution in [1.29, 1.82) is 0 Å². The summed E-state index contributed by atoms with van der Waals surface area (Å²) in [5.41, 5.74) is 5.88. The quantitative estimate of drug-likeness (QED) is 0.743. The number of nitrogens with one attached hydrogen (secondary N) is 1. The van der Waals surface area contributed by atoms with Gasteiger partial charge in [0.05, 0.1) is 0 Å². The van der Waals surface area contributed by atoms with Crippen molar-refractivity contribution < 1.29 is 0 Å². The van der Waals surface area contributed by atoms with Gasteiger partial charge in [-0.15, -0.1) is 0 Å². The number of rotatable bonds is 4.